The van der Waals surface area contributed by atoms with Gasteiger partial charge in [0.2, 0.25) is 5.91 Å². The molecule has 0 aliphatic rings. The molecule has 1 amide bonds. The van der Waals surface area contributed by atoms with E-state index < -0.39 is 11.4 Å². The average Bonchev–Trinajstić information content (AvgIpc) is 2.94. The molecular formula is C16H17NO3S. The van der Waals surface area contributed by atoms with E-state index in [-0.39, 0.29) is 10.8 Å². The highest BCUT2D eigenvalue weighted by Crippen LogP contribution is 2.23. The number of rotatable bonds is 5. The number of carboxylic acid groups (broad SMARTS) is 1. The summed E-state index contributed by atoms with van der Waals surface area (Å²) in [5.41, 5.74) is 0.314. The zero-order valence-corrected chi connectivity index (χ0v) is 12.7. The lowest BCUT2D eigenvalue weighted by Crippen LogP contribution is -2.39. The fourth-order valence-electron chi connectivity index (χ4n) is 1.96. The van der Waals surface area contributed by atoms with Gasteiger partial charge in [0.15, 0.2) is 0 Å². The van der Waals surface area contributed by atoms with Crippen LogP contribution in [0.3, 0.4) is 0 Å². The molecule has 0 saturated heterocycles. The van der Waals surface area contributed by atoms with Crippen molar-refractivity contribution in [2.75, 3.05) is 0 Å². The van der Waals surface area contributed by atoms with Gasteiger partial charge in [0.25, 0.3) is 0 Å². The zero-order chi connectivity index (χ0) is 15.5. The summed E-state index contributed by atoms with van der Waals surface area (Å²) in [5.74, 6) is -1.03. The molecule has 0 atom stereocenters. The molecule has 21 heavy (non-hydrogen) atoms. The molecule has 0 bridgehead atoms. The van der Waals surface area contributed by atoms with Gasteiger partial charge in [0, 0.05) is 4.88 Å². The SMILES string of the molecule is CC(C)(C(=O)NCc1ccc(C(=O)O)s1)c1ccccc1. The minimum absolute atomic E-state index is 0.0843. The highest BCUT2D eigenvalue weighted by atomic mass is 32.1. The first-order valence-corrected chi connectivity index (χ1v) is 7.39. The highest BCUT2D eigenvalue weighted by Gasteiger charge is 2.29. The van der Waals surface area contributed by atoms with Gasteiger partial charge < -0.3 is 10.4 Å². The van der Waals surface area contributed by atoms with Crippen LogP contribution in [-0.4, -0.2) is 17.0 Å². The molecule has 2 N–H and O–H groups in total. The Hall–Kier alpha value is -2.14. The zero-order valence-electron chi connectivity index (χ0n) is 11.9. The Balaban J connectivity index is 2.02. The Labute approximate surface area is 127 Å². The van der Waals surface area contributed by atoms with Crippen LogP contribution in [0.15, 0.2) is 42.5 Å². The van der Waals surface area contributed by atoms with Crippen LogP contribution in [0.1, 0.15) is 34.0 Å². The lowest BCUT2D eigenvalue weighted by atomic mass is 9.84. The minimum atomic E-state index is -0.942. The van der Waals surface area contributed by atoms with Crippen molar-refractivity contribution in [3.63, 3.8) is 0 Å². The largest absolute Gasteiger partial charge is 0.477 e. The number of hydrogen-bond acceptors (Lipinski definition) is 3. The summed E-state index contributed by atoms with van der Waals surface area (Å²) in [6, 6.07) is 12.9. The van der Waals surface area contributed by atoms with E-state index in [1.165, 1.54) is 11.3 Å². The van der Waals surface area contributed by atoms with Gasteiger partial charge in [0.1, 0.15) is 4.88 Å². The van der Waals surface area contributed by atoms with Crippen LogP contribution in [-0.2, 0) is 16.8 Å². The van der Waals surface area contributed by atoms with Crippen molar-refractivity contribution < 1.29 is 14.7 Å². The predicted molar refractivity (Wildman–Crippen MR) is 82.6 cm³/mol. The molecule has 1 heterocycles. The second kappa shape index (κ2) is 6.10. The van der Waals surface area contributed by atoms with Crippen LogP contribution >= 0.6 is 11.3 Å². The molecule has 2 rings (SSSR count). The number of nitrogens with one attached hydrogen (secondary N) is 1. The summed E-state index contributed by atoms with van der Waals surface area (Å²) in [7, 11) is 0. The van der Waals surface area contributed by atoms with Gasteiger partial charge in [-0.25, -0.2) is 4.79 Å². The fraction of sp³-hybridized carbons (Fsp3) is 0.250. The lowest BCUT2D eigenvalue weighted by Gasteiger charge is -2.24. The van der Waals surface area contributed by atoms with E-state index in [4.69, 9.17) is 5.11 Å². The molecule has 1 aromatic heterocycles. The number of benzene rings is 1. The third-order valence-corrected chi connectivity index (χ3v) is 4.43. The Morgan fingerprint density at radius 1 is 1.14 bits per heavy atom. The third kappa shape index (κ3) is 3.49. The van der Waals surface area contributed by atoms with Gasteiger partial charge in [-0.05, 0) is 31.5 Å². The van der Waals surface area contributed by atoms with Crippen LogP contribution in [0, 0.1) is 0 Å². The average molecular weight is 303 g/mol. The summed E-state index contributed by atoms with van der Waals surface area (Å²) in [5, 5.41) is 11.7. The highest BCUT2D eigenvalue weighted by molar-refractivity contribution is 7.13. The normalized spacial score (nSPS) is 11.1. The molecule has 110 valence electrons. The van der Waals surface area contributed by atoms with Crippen molar-refractivity contribution in [3.05, 3.63) is 57.8 Å². The molecule has 0 radical (unpaired) electrons. The van der Waals surface area contributed by atoms with E-state index in [9.17, 15) is 9.59 Å². The van der Waals surface area contributed by atoms with E-state index in [0.717, 1.165) is 10.4 Å². The molecular weight excluding hydrogens is 286 g/mol. The standard InChI is InChI=1S/C16H17NO3S/c1-16(2,11-6-4-3-5-7-11)15(20)17-10-12-8-9-13(21-12)14(18)19/h3-9H,10H2,1-2H3,(H,17,20)(H,18,19). The Morgan fingerprint density at radius 3 is 2.38 bits per heavy atom. The fourth-order valence-corrected chi connectivity index (χ4v) is 2.75. The maximum atomic E-state index is 12.4. The summed E-state index contributed by atoms with van der Waals surface area (Å²) in [6.45, 7) is 4.08. The van der Waals surface area contributed by atoms with Crippen molar-refractivity contribution in [2.45, 2.75) is 25.8 Å². The smallest absolute Gasteiger partial charge is 0.345 e. The van der Waals surface area contributed by atoms with Gasteiger partial charge in [-0.1, -0.05) is 30.3 Å². The van der Waals surface area contributed by atoms with E-state index >= 15 is 0 Å². The first-order chi connectivity index (χ1) is 9.91. The third-order valence-electron chi connectivity index (χ3n) is 3.36. The predicted octanol–water partition coefficient (Wildman–Crippen LogP) is 3.04. The maximum absolute atomic E-state index is 12.4. The maximum Gasteiger partial charge on any atom is 0.345 e. The molecule has 1 aromatic carbocycles. The van der Waals surface area contributed by atoms with E-state index in [1.807, 2.05) is 44.2 Å². The minimum Gasteiger partial charge on any atom is -0.477 e. The number of aromatic carboxylic acids is 1. The number of amides is 1. The number of thiophene rings is 1. The molecule has 2 aromatic rings. The second-order valence-corrected chi connectivity index (χ2v) is 6.41. The Bertz CT molecular complexity index is 647. The molecule has 0 saturated carbocycles. The Morgan fingerprint density at radius 2 is 1.81 bits per heavy atom. The summed E-state index contributed by atoms with van der Waals surface area (Å²) in [6.07, 6.45) is 0. The van der Waals surface area contributed by atoms with Crippen LogP contribution in [0.2, 0.25) is 0 Å². The van der Waals surface area contributed by atoms with Crippen molar-refractivity contribution in [3.8, 4) is 0 Å². The molecule has 4 nitrogen and oxygen atoms in total. The van der Waals surface area contributed by atoms with Gasteiger partial charge in [0.05, 0.1) is 12.0 Å². The van der Waals surface area contributed by atoms with Gasteiger partial charge in [-0.15, -0.1) is 11.3 Å². The van der Waals surface area contributed by atoms with E-state index in [2.05, 4.69) is 5.32 Å². The van der Waals surface area contributed by atoms with Crippen LogP contribution in [0.4, 0.5) is 0 Å². The monoisotopic (exact) mass is 303 g/mol. The molecule has 0 unspecified atom stereocenters. The van der Waals surface area contributed by atoms with Crippen LogP contribution in [0.25, 0.3) is 0 Å². The Kier molecular flexibility index (Phi) is 4.43. The van der Waals surface area contributed by atoms with Crippen molar-refractivity contribution in [1.29, 1.82) is 0 Å². The topological polar surface area (TPSA) is 66.4 Å². The van der Waals surface area contributed by atoms with Gasteiger partial charge >= 0.3 is 5.97 Å². The molecule has 0 aliphatic heterocycles. The number of carbonyl (C=O) groups is 2. The summed E-state index contributed by atoms with van der Waals surface area (Å²) < 4.78 is 0. The first-order valence-electron chi connectivity index (χ1n) is 6.57. The molecule has 5 heteroatoms. The lowest BCUT2D eigenvalue weighted by molar-refractivity contribution is -0.125. The summed E-state index contributed by atoms with van der Waals surface area (Å²) >= 11 is 1.18. The second-order valence-electron chi connectivity index (χ2n) is 5.24. The number of carboxylic acids is 1. The quantitative estimate of drug-likeness (QED) is 0.892. The van der Waals surface area contributed by atoms with E-state index in [0.29, 0.717) is 6.54 Å². The van der Waals surface area contributed by atoms with Crippen molar-refractivity contribution in [1.82, 2.24) is 5.32 Å². The van der Waals surface area contributed by atoms with Crippen LogP contribution < -0.4 is 5.32 Å². The molecule has 0 fully saturated rings. The summed E-state index contributed by atoms with van der Waals surface area (Å²) in [4.78, 5) is 24.3. The van der Waals surface area contributed by atoms with Crippen molar-refractivity contribution in [2.24, 2.45) is 0 Å². The molecule has 0 aliphatic carbocycles. The first kappa shape index (κ1) is 15.3. The van der Waals surface area contributed by atoms with Gasteiger partial charge in [-0.3, -0.25) is 4.79 Å². The number of carbonyl (C=O) groups excluding carboxylic acids is 1. The molecule has 0 spiro atoms. The van der Waals surface area contributed by atoms with E-state index in [1.54, 1.807) is 12.1 Å². The number of hydrogen-bond donors (Lipinski definition) is 2. The van der Waals surface area contributed by atoms with Crippen molar-refractivity contribution >= 4 is 23.2 Å². The van der Waals surface area contributed by atoms with Gasteiger partial charge in [-0.2, -0.15) is 0 Å². The van der Waals surface area contributed by atoms with Crippen LogP contribution in [0.5, 0.6) is 0 Å².